The third-order valence-corrected chi connectivity index (χ3v) is 3.49. The number of rotatable bonds is 6. The Hall–Kier alpha value is -1.61. The van der Waals surface area contributed by atoms with Crippen LogP contribution in [0.5, 0.6) is 0 Å². The molecule has 0 amide bonds. The first-order valence-electron chi connectivity index (χ1n) is 7.22. The molecule has 0 aliphatic heterocycles. The molecule has 0 atom stereocenters. The summed E-state index contributed by atoms with van der Waals surface area (Å²) in [4.78, 5) is 4.76. The van der Waals surface area contributed by atoms with Gasteiger partial charge in [-0.2, -0.15) is 0 Å². The molecule has 3 rings (SSSR count). The predicted molar refractivity (Wildman–Crippen MR) is 80.4 cm³/mol. The highest BCUT2D eigenvalue weighted by atomic mass is 15.0. The molecule has 1 saturated carbocycles. The summed E-state index contributed by atoms with van der Waals surface area (Å²) >= 11 is 0. The number of hydrogen-bond acceptors (Lipinski definition) is 3. The van der Waals surface area contributed by atoms with Gasteiger partial charge < -0.3 is 10.6 Å². The number of benzene rings is 1. The number of nitrogens with zero attached hydrogens (tertiary/aromatic N) is 1. The number of anilines is 1. The minimum Gasteiger partial charge on any atom is -0.370 e. The van der Waals surface area contributed by atoms with Crippen molar-refractivity contribution in [1.82, 2.24) is 10.3 Å². The highest BCUT2D eigenvalue weighted by Gasteiger charge is 2.20. The Kier molecular flexibility index (Phi) is 3.65. The fraction of sp³-hybridized carbons (Fsp3) is 0.438. The Morgan fingerprint density at radius 1 is 1.26 bits per heavy atom. The first kappa shape index (κ1) is 12.4. The summed E-state index contributed by atoms with van der Waals surface area (Å²) in [6, 6.07) is 11.4. The lowest BCUT2D eigenvalue weighted by Gasteiger charge is -2.11. The van der Waals surface area contributed by atoms with Gasteiger partial charge in [-0.05, 0) is 30.7 Å². The van der Waals surface area contributed by atoms with Crippen LogP contribution in [-0.4, -0.2) is 17.6 Å². The summed E-state index contributed by atoms with van der Waals surface area (Å²) < 4.78 is 0. The fourth-order valence-electron chi connectivity index (χ4n) is 2.26. The van der Waals surface area contributed by atoms with Crippen molar-refractivity contribution in [3.63, 3.8) is 0 Å². The van der Waals surface area contributed by atoms with E-state index in [1.807, 2.05) is 0 Å². The van der Waals surface area contributed by atoms with E-state index < -0.39 is 0 Å². The van der Waals surface area contributed by atoms with Crippen molar-refractivity contribution < 1.29 is 0 Å². The molecular formula is C16H21N3. The molecule has 2 N–H and O–H groups in total. The van der Waals surface area contributed by atoms with Crippen molar-refractivity contribution in [1.29, 1.82) is 0 Å². The molecule has 0 radical (unpaired) electrons. The van der Waals surface area contributed by atoms with E-state index in [4.69, 9.17) is 4.98 Å². The van der Waals surface area contributed by atoms with Gasteiger partial charge in [0, 0.05) is 24.5 Å². The molecule has 1 aromatic carbocycles. The third kappa shape index (κ3) is 3.04. The van der Waals surface area contributed by atoms with E-state index in [0.29, 0.717) is 0 Å². The summed E-state index contributed by atoms with van der Waals surface area (Å²) in [6.07, 6.45) is 3.74. The molecule has 0 spiro atoms. The van der Waals surface area contributed by atoms with Crippen molar-refractivity contribution in [2.24, 2.45) is 0 Å². The van der Waals surface area contributed by atoms with E-state index in [2.05, 4.69) is 47.9 Å². The second-order valence-corrected chi connectivity index (χ2v) is 5.27. The van der Waals surface area contributed by atoms with Crippen molar-refractivity contribution in [2.75, 3.05) is 11.9 Å². The van der Waals surface area contributed by atoms with E-state index >= 15 is 0 Å². The van der Waals surface area contributed by atoms with E-state index in [1.54, 1.807) is 0 Å². The average molecular weight is 255 g/mol. The van der Waals surface area contributed by atoms with Crippen LogP contribution < -0.4 is 10.6 Å². The summed E-state index contributed by atoms with van der Waals surface area (Å²) in [5.41, 5.74) is 1.13. The molecule has 1 heterocycles. The molecule has 2 aromatic rings. The number of hydrogen-bond donors (Lipinski definition) is 2. The van der Waals surface area contributed by atoms with Crippen LogP contribution in [0.1, 0.15) is 31.9 Å². The minimum atomic E-state index is 0.723. The van der Waals surface area contributed by atoms with Gasteiger partial charge in [0.25, 0.3) is 0 Å². The van der Waals surface area contributed by atoms with Gasteiger partial charge in [-0.3, -0.25) is 0 Å². The fourth-order valence-corrected chi connectivity index (χ4v) is 2.26. The monoisotopic (exact) mass is 255 g/mol. The third-order valence-electron chi connectivity index (χ3n) is 3.49. The lowest BCUT2D eigenvalue weighted by Crippen LogP contribution is -2.16. The molecular weight excluding hydrogens is 234 g/mol. The SMILES string of the molecule is CCCNc1nc(CNC2CC2)cc2ccccc12. The van der Waals surface area contributed by atoms with Crippen LogP contribution in [0.3, 0.4) is 0 Å². The quantitative estimate of drug-likeness (QED) is 0.831. The summed E-state index contributed by atoms with van der Waals surface area (Å²) in [5.74, 6) is 1.02. The number of fused-ring (bicyclic) bond motifs is 1. The molecule has 3 nitrogen and oxygen atoms in total. The Bertz CT molecular complexity index is 561. The van der Waals surface area contributed by atoms with E-state index in [9.17, 15) is 0 Å². The molecule has 100 valence electrons. The number of aromatic nitrogens is 1. The van der Waals surface area contributed by atoms with Gasteiger partial charge in [0.2, 0.25) is 0 Å². The van der Waals surface area contributed by atoms with Crippen LogP contribution in [0.4, 0.5) is 5.82 Å². The molecule has 1 aliphatic carbocycles. The first-order chi connectivity index (χ1) is 9.36. The van der Waals surface area contributed by atoms with Crippen LogP contribution in [0.15, 0.2) is 30.3 Å². The normalized spacial score (nSPS) is 14.8. The van der Waals surface area contributed by atoms with E-state index in [-0.39, 0.29) is 0 Å². The van der Waals surface area contributed by atoms with Crippen LogP contribution in [0, 0.1) is 0 Å². The second-order valence-electron chi connectivity index (χ2n) is 5.27. The Morgan fingerprint density at radius 3 is 2.89 bits per heavy atom. The zero-order valence-corrected chi connectivity index (χ0v) is 11.4. The number of nitrogens with one attached hydrogen (secondary N) is 2. The molecule has 3 heteroatoms. The van der Waals surface area contributed by atoms with Crippen molar-refractivity contribution >= 4 is 16.6 Å². The Labute approximate surface area is 114 Å². The molecule has 1 aromatic heterocycles. The highest BCUT2D eigenvalue weighted by molar-refractivity contribution is 5.92. The molecule has 1 aliphatic rings. The zero-order chi connectivity index (χ0) is 13.1. The molecule has 1 fully saturated rings. The van der Waals surface area contributed by atoms with Gasteiger partial charge in [0.1, 0.15) is 5.82 Å². The van der Waals surface area contributed by atoms with Crippen molar-refractivity contribution in [3.05, 3.63) is 36.0 Å². The largest absolute Gasteiger partial charge is 0.370 e. The van der Waals surface area contributed by atoms with Crippen LogP contribution in [0.2, 0.25) is 0 Å². The Balaban J connectivity index is 1.88. The minimum absolute atomic E-state index is 0.723. The molecule has 0 saturated heterocycles. The number of pyridine rings is 1. The molecule has 19 heavy (non-hydrogen) atoms. The first-order valence-corrected chi connectivity index (χ1v) is 7.22. The maximum atomic E-state index is 4.76. The van der Waals surface area contributed by atoms with Crippen LogP contribution in [0.25, 0.3) is 10.8 Å². The molecule has 0 unspecified atom stereocenters. The maximum Gasteiger partial charge on any atom is 0.134 e. The smallest absolute Gasteiger partial charge is 0.134 e. The summed E-state index contributed by atoms with van der Waals surface area (Å²) in [5, 5.41) is 9.45. The Morgan fingerprint density at radius 2 is 2.11 bits per heavy atom. The topological polar surface area (TPSA) is 37.0 Å². The van der Waals surface area contributed by atoms with Crippen LogP contribution >= 0.6 is 0 Å². The maximum absolute atomic E-state index is 4.76. The van der Waals surface area contributed by atoms with Gasteiger partial charge in [-0.15, -0.1) is 0 Å². The van der Waals surface area contributed by atoms with Gasteiger partial charge in [0.05, 0.1) is 5.69 Å². The molecule has 0 bridgehead atoms. The van der Waals surface area contributed by atoms with Gasteiger partial charge in [-0.1, -0.05) is 31.2 Å². The van der Waals surface area contributed by atoms with Gasteiger partial charge >= 0.3 is 0 Å². The summed E-state index contributed by atoms with van der Waals surface area (Å²) in [6.45, 7) is 4.01. The predicted octanol–water partition coefficient (Wildman–Crippen LogP) is 3.31. The summed E-state index contributed by atoms with van der Waals surface area (Å²) in [7, 11) is 0. The van der Waals surface area contributed by atoms with E-state index in [0.717, 1.165) is 37.1 Å². The lowest BCUT2D eigenvalue weighted by atomic mass is 10.1. The lowest BCUT2D eigenvalue weighted by molar-refractivity contribution is 0.675. The highest BCUT2D eigenvalue weighted by Crippen LogP contribution is 2.24. The average Bonchev–Trinajstić information content (AvgIpc) is 3.26. The zero-order valence-electron chi connectivity index (χ0n) is 11.4. The van der Waals surface area contributed by atoms with Gasteiger partial charge in [-0.25, -0.2) is 4.98 Å². The second kappa shape index (κ2) is 5.57. The van der Waals surface area contributed by atoms with E-state index in [1.165, 1.54) is 23.6 Å². The standard InChI is InChI=1S/C16H21N3/c1-2-9-17-16-15-6-4-3-5-12(15)10-14(19-16)11-18-13-7-8-13/h3-6,10,13,18H,2,7-9,11H2,1H3,(H,17,19). The van der Waals surface area contributed by atoms with Crippen molar-refractivity contribution in [3.8, 4) is 0 Å². The van der Waals surface area contributed by atoms with Gasteiger partial charge in [0.15, 0.2) is 0 Å². The van der Waals surface area contributed by atoms with Crippen molar-refractivity contribution in [2.45, 2.75) is 38.8 Å². The van der Waals surface area contributed by atoms with Crippen LogP contribution in [-0.2, 0) is 6.54 Å².